The highest BCUT2D eigenvalue weighted by Gasteiger charge is 2.24. The van der Waals surface area contributed by atoms with E-state index in [2.05, 4.69) is 4.98 Å². The third-order valence-electron chi connectivity index (χ3n) is 6.33. The second-order valence-electron chi connectivity index (χ2n) is 8.68. The Bertz CT molecular complexity index is 1700. The molecule has 34 heavy (non-hydrogen) atoms. The van der Waals surface area contributed by atoms with Gasteiger partial charge in [0.15, 0.2) is 5.16 Å². The van der Waals surface area contributed by atoms with Gasteiger partial charge in [-0.15, -0.1) is 11.3 Å². The van der Waals surface area contributed by atoms with Crippen molar-refractivity contribution in [3.8, 4) is 5.69 Å². The first kappa shape index (κ1) is 21.3. The molecule has 0 bridgehead atoms. The molecule has 1 aliphatic carbocycles. The lowest BCUT2D eigenvalue weighted by molar-refractivity contribution is 0.818. The molecule has 0 radical (unpaired) electrons. The average Bonchev–Trinajstić information content (AvgIpc) is 3.40. The minimum Gasteiger partial charge on any atom is -0.309 e. The number of benzene rings is 2. The van der Waals surface area contributed by atoms with Crippen molar-refractivity contribution in [1.82, 2.24) is 19.5 Å². The number of aromatic amines is 1. The summed E-state index contributed by atoms with van der Waals surface area (Å²) in [6.07, 6.45) is 3.05. The van der Waals surface area contributed by atoms with Crippen LogP contribution in [0.4, 0.5) is 0 Å². The lowest BCUT2D eigenvalue weighted by Crippen LogP contribution is -2.22. The van der Waals surface area contributed by atoms with Crippen LogP contribution in [0.5, 0.6) is 0 Å². The number of aromatic nitrogens is 4. The van der Waals surface area contributed by atoms with Crippen LogP contribution < -0.4 is 11.1 Å². The quantitative estimate of drug-likeness (QED) is 0.283. The standard InChI is InChI=1S/C26H22N4O2S2/c1-14-9-11-16(12-10-14)30-25(32)21-17-6-4-8-19(17)34-24(21)29-26(30)33-13-20-27-22-15(2)5-3-7-18(22)23(31)28-20/h3,5,7,9-12H,4,6,8,13H2,1-2H3,(H,27,28,31). The number of nitrogens with zero attached hydrogens (tertiary/aromatic N) is 3. The smallest absolute Gasteiger partial charge is 0.267 e. The van der Waals surface area contributed by atoms with Gasteiger partial charge in [0.1, 0.15) is 10.7 Å². The lowest BCUT2D eigenvalue weighted by Gasteiger charge is -2.13. The van der Waals surface area contributed by atoms with Gasteiger partial charge in [-0.05, 0) is 62.4 Å². The summed E-state index contributed by atoms with van der Waals surface area (Å²) < 4.78 is 1.71. The van der Waals surface area contributed by atoms with Crippen LogP contribution in [0.2, 0.25) is 0 Å². The molecule has 6 nitrogen and oxygen atoms in total. The van der Waals surface area contributed by atoms with Gasteiger partial charge in [0.05, 0.1) is 27.7 Å². The number of hydrogen-bond donors (Lipinski definition) is 1. The minimum absolute atomic E-state index is 0.0217. The zero-order valence-electron chi connectivity index (χ0n) is 18.8. The normalized spacial score (nSPS) is 13.1. The average molecular weight is 487 g/mol. The molecule has 8 heteroatoms. The van der Waals surface area contributed by atoms with Gasteiger partial charge in [-0.25, -0.2) is 9.97 Å². The first-order chi connectivity index (χ1) is 16.5. The number of para-hydroxylation sites is 1. The molecule has 2 aromatic carbocycles. The molecule has 0 spiro atoms. The van der Waals surface area contributed by atoms with Crippen molar-refractivity contribution >= 4 is 44.2 Å². The van der Waals surface area contributed by atoms with E-state index in [0.717, 1.165) is 46.3 Å². The summed E-state index contributed by atoms with van der Waals surface area (Å²) >= 11 is 3.06. The molecule has 0 atom stereocenters. The van der Waals surface area contributed by atoms with Gasteiger partial charge < -0.3 is 4.98 Å². The fourth-order valence-corrected chi connectivity index (χ4v) is 6.78. The van der Waals surface area contributed by atoms with E-state index in [1.54, 1.807) is 22.0 Å². The number of thioether (sulfide) groups is 1. The third kappa shape index (κ3) is 3.49. The molecule has 6 rings (SSSR count). The van der Waals surface area contributed by atoms with Gasteiger partial charge in [-0.1, -0.05) is 41.6 Å². The van der Waals surface area contributed by atoms with Crippen molar-refractivity contribution in [2.24, 2.45) is 0 Å². The maximum Gasteiger partial charge on any atom is 0.267 e. The molecule has 3 aromatic heterocycles. The van der Waals surface area contributed by atoms with Crippen LogP contribution >= 0.6 is 23.1 Å². The van der Waals surface area contributed by atoms with Crippen molar-refractivity contribution in [3.63, 3.8) is 0 Å². The molecule has 5 aromatic rings. The van der Waals surface area contributed by atoms with Crippen molar-refractivity contribution in [3.05, 3.63) is 90.6 Å². The van der Waals surface area contributed by atoms with E-state index < -0.39 is 0 Å². The Balaban J connectivity index is 1.47. The lowest BCUT2D eigenvalue weighted by atomic mass is 10.1. The number of nitrogens with one attached hydrogen (secondary N) is 1. The highest BCUT2D eigenvalue weighted by Crippen LogP contribution is 2.36. The first-order valence-electron chi connectivity index (χ1n) is 11.3. The zero-order valence-corrected chi connectivity index (χ0v) is 20.5. The summed E-state index contributed by atoms with van der Waals surface area (Å²) in [7, 11) is 0. The Labute approximate surface area is 203 Å². The molecular weight excluding hydrogens is 464 g/mol. The highest BCUT2D eigenvalue weighted by atomic mass is 32.2. The summed E-state index contributed by atoms with van der Waals surface area (Å²) in [6, 6.07) is 13.5. The molecule has 1 N–H and O–H groups in total. The summed E-state index contributed by atoms with van der Waals surface area (Å²) in [5, 5.41) is 1.95. The number of fused-ring (bicyclic) bond motifs is 4. The number of rotatable bonds is 4. The van der Waals surface area contributed by atoms with E-state index >= 15 is 0 Å². The summed E-state index contributed by atoms with van der Waals surface area (Å²) in [5.74, 6) is 0.962. The Morgan fingerprint density at radius 1 is 1.06 bits per heavy atom. The molecule has 0 saturated heterocycles. The van der Waals surface area contributed by atoms with Crippen LogP contribution in [-0.4, -0.2) is 19.5 Å². The number of H-pyrrole nitrogens is 1. The molecule has 0 aliphatic heterocycles. The molecule has 0 amide bonds. The van der Waals surface area contributed by atoms with Crippen molar-refractivity contribution in [2.75, 3.05) is 0 Å². The van der Waals surface area contributed by atoms with Crippen LogP contribution in [0.15, 0.2) is 57.2 Å². The topological polar surface area (TPSA) is 80.6 Å². The third-order valence-corrected chi connectivity index (χ3v) is 8.46. The molecular formula is C26H22N4O2S2. The molecule has 1 aliphatic rings. The Hall–Kier alpha value is -3.23. The molecule has 170 valence electrons. The van der Waals surface area contributed by atoms with Crippen LogP contribution in [-0.2, 0) is 18.6 Å². The Morgan fingerprint density at radius 3 is 2.71 bits per heavy atom. The molecule has 0 unspecified atom stereocenters. The van der Waals surface area contributed by atoms with Gasteiger partial charge in [-0.3, -0.25) is 14.2 Å². The molecule has 3 heterocycles. The van der Waals surface area contributed by atoms with Gasteiger partial charge in [0.2, 0.25) is 0 Å². The number of hydrogen-bond acceptors (Lipinski definition) is 6. The van der Waals surface area contributed by atoms with Crippen LogP contribution in [0, 0.1) is 13.8 Å². The van der Waals surface area contributed by atoms with E-state index in [9.17, 15) is 9.59 Å². The fraction of sp³-hybridized carbons (Fsp3) is 0.231. The molecule has 0 fully saturated rings. The Kier molecular flexibility index (Phi) is 5.15. The van der Waals surface area contributed by atoms with Crippen molar-refractivity contribution in [2.45, 2.75) is 44.0 Å². The number of thiophene rings is 1. The number of aryl methyl sites for hydroxylation is 4. The van der Waals surface area contributed by atoms with E-state index in [1.807, 2.05) is 50.2 Å². The highest BCUT2D eigenvalue weighted by molar-refractivity contribution is 7.98. The van der Waals surface area contributed by atoms with E-state index in [4.69, 9.17) is 9.97 Å². The van der Waals surface area contributed by atoms with Crippen molar-refractivity contribution in [1.29, 1.82) is 0 Å². The SMILES string of the molecule is Cc1ccc(-n2c(SCc3nc4c(C)cccc4c(=O)[nH]3)nc3sc4c(c3c2=O)CCC4)cc1. The summed E-state index contributed by atoms with van der Waals surface area (Å²) in [6.45, 7) is 3.98. The largest absolute Gasteiger partial charge is 0.309 e. The van der Waals surface area contributed by atoms with Crippen LogP contribution in [0.3, 0.4) is 0 Å². The Morgan fingerprint density at radius 2 is 1.88 bits per heavy atom. The van der Waals surface area contributed by atoms with Crippen LogP contribution in [0.25, 0.3) is 26.8 Å². The minimum atomic E-state index is -0.154. The van der Waals surface area contributed by atoms with E-state index in [-0.39, 0.29) is 11.1 Å². The summed E-state index contributed by atoms with van der Waals surface area (Å²) in [4.78, 5) is 41.0. The monoisotopic (exact) mass is 486 g/mol. The van der Waals surface area contributed by atoms with Gasteiger partial charge in [0.25, 0.3) is 11.1 Å². The van der Waals surface area contributed by atoms with Crippen molar-refractivity contribution < 1.29 is 0 Å². The zero-order chi connectivity index (χ0) is 23.4. The van der Waals surface area contributed by atoms with Gasteiger partial charge in [-0.2, -0.15) is 0 Å². The second-order valence-corrected chi connectivity index (χ2v) is 10.7. The molecule has 0 saturated carbocycles. The fourth-order valence-electron chi connectivity index (χ4n) is 4.60. The van der Waals surface area contributed by atoms with E-state index in [0.29, 0.717) is 27.6 Å². The second kappa shape index (κ2) is 8.21. The van der Waals surface area contributed by atoms with Gasteiger partial charge in [0, 0.05) is 4.88 Å². The summed E-state index contributed by atoms with van der Waals surface area (Å²) in [5.41, 5.74) is 4.58. The predicted octanol–water partition coefficient (Wildman–Crippen LogP) is 5.08. The van der Waals surface area contributed by atoms with E-state index in [1.165, 1.54) is 22.2 Å². The maximum absolute atomic E-state index is 13.8. The first-order valence-corrected chi connectivity index (χ1v) is 13.1. The van der Waals surface area contributed by atoms with Gasteiger partial charge >= 0.3 is 0 Å². The maximum atomic E-state index is 13.8. The van der Waals surface area contributed by atoms with Crippen LogP contribution in [0.1, 0.15) is 33.8 Å². The predicted molar refractivity (Wildman–Crippen MR) is 139 cm³/mol.